The van der Waals surface area contributed by atoms with Gasteiger partial charge >= 0.3 is 6.18 Å². The molecule has 0 atom stereocenters. The van der Waals surface area contributed by atoms with Gasteiger partial charge in [-0.25, -0.2) is 0 Å². The van der Waals surface area contributed by atoms with Gasteiger partial charge in [-0.2, -0.15) is 13.2 Å². The van der Waals surface area contributed by atoms with Gasteiger partial charge in [-0.15, -0.1) is 0 Å². The van der Waals surface area contributed by atoms with Crippen LogP contribution in [0.1, 0.15) is 51.0 Å². The second-order valence-corrected chi connectivity index (χ2v) is 6.74. The van der Waals surface area contributed by atoms with Crippen LogP contribution in [0.15, 0.2) is 35.9 Å². The van der Waals surface area contributed by atoms with Crippen LogP contribution in [0.25, 0.3) is 0 Å². The number of nitrogens with zero attached hydrogens (tertiary/aromatic N) is 1. The van der Waals surface area contributed by atoms with Gasteiger partial charge in [0.15, 0.2) is 0 Å². The fourth-order valence-corrected chi connectivity index (χ4v) is 3.04. The summed E-state index contributed by atoms with van der Waals surface area (Å²) < 4.78 is 37.6. The van der Waals surface area contributed by atoms with Gasteiger partial charge in [0, 0.05) is 32.1 Å². The molecule has 27 heavy (non-hydrogen) atoms. The molecule has 1 aromatic rings. The molecule has 2 amide bonds. The number of hydrogen-bond donors (Lipinski definition) is 1. The van der Waals surface area contributed by atoms with E-state index in [1.165, 1.54) is 37.5 Å². The van der Waals surface area contributed by atoms with Gasteiger partial charge in [-0.05, 0) is 56.4 Å². The van der Waals surface area contributed by atoms with Crippen LogP contribution in [0.2, 0.25) is 0 Å². The zero-order valence-corrected chi connectivity index (χ0v) is 15.4. The number of rotatable bonds is 7. The Hall–Kier alpha value is -2.31. The maximum Gasteiger partial charge on any atom is 0.416 e. The Morgan fingerprint density at radius 2 is 1.81 bits per heavy atom. The number of amides is 2. The topological polar surface area (TPSA) is 49.4 Å². The zero-order valence-electron chi connectivity index (χ0n) is 15.4. The zero-order chi connectivity index (χ0) is 19.9. The predicted molar refractivity (Wildman–Crippen MR) is 98.1 cm³/mol. The van der Waals surface area contributed by atoms with Crippen LogP contribution in [-0.4, -0.2) is 29.8 Å². The Labute approximate surface area is 157 Å². The number of hydrogen-bond acceptors (Lipinski definition) is 2. The molecular weight excluding hydrogens is 357 g/mol. The van der Waals surface area contributed by atoms with Crippen molar-refractivity contribution >= 4 is 17.5 Å². The molecule has 0 radical (unpaired) electrons. The summed E-state index contributed by atoms with van der Waals surface area (Å²) in [6.45, 7) is 2.34. The molecule has 2 rings (SSSR count). The number of nitrogens with one attached hydrogen (secondary N) is 1. The van der Waals surface area contributed by atoms with Crippen LogP contribution in [0.5, 0.6) is 0 Å². The van der Waals surface area contributed by atoms with Crippen LogP contribution in [0.4, 0.5) is 18.9 Å². The molecule has 1 aliphatic rings. The third-order valence-electron chi connectivity index (χ3n) is 4.64. The molecule has 0 aliphatic heterocycles. The van der Waals surface area contributed by atoms with Gasteiger partial charge in [0.05, 0.1) is 5.56 Å². The highest BCUT2D eigenvalue weighted by Gasteiger charge is 2.30. The highest BCUT2D eigenvalue weighted by atomic mass is 19.4. The summed E-state index contributed by atoms with van der Waals surface area (Å²) in [6, 6.07) is 4.29. The van der Waals surface area contributed by atoms with Gasteiger partial charge in [0.1, 0.15) is 0 Å². The maximum atomic E-state index is 12.5. The van der Waals surface area contributed by atoms with Crippen LogP contribution < -0.4 is 5.32 Å². The Balaban J connectivity index is 1.81. The molecule has 0 spiro atoms. The summed E-state index contributed by atoms with van der Waals surface area (Å²) >= 11 is 0. The minimum absolute atomic E-state index is 0.0891. The van der Waals surface area contributed by atoms with Crippen molar-refractivity contribution in [2.45, 2.75) is 51.6 Å². The first-order valence-electron chi connectivity index (χ1n) is 9.16. The lowest BCUT2D eigenvalue weighted by atomic mass is 9.97. The quantitative estimate of drug-likeness (QED) is 0.691. The van der Waals surface area contributed by atoms with Gasteiger partial charge in [-0.1, -0.05) is 11.6 Å². The molecule has 4 nitrogen and oxygen atoms in total. The lowest BCUT2D eigenvalue weighted by Gasteiger charge is -2.22. The largest absolute Gasteiger partial charge is 0.416 e. The summed E-state index contributed by atoms with van der Waals surface area (Å²) in [5.74, 6) is -0.424. The van der Waals surface area contributed by atoms with Crippen molar-refractivity contribution in [2.24, 2.45) is 0 Å². The lowest BCUT2D eigenvalue weighted by Crippen LogP contribution is -2.33. The Morgan fingerprint density at radius 1 is 1.11 bits per heavy atom. The summed E-state index contributed by atoms with van der Waals surface area (Å²) in [4.78, 5) is 25.5. The number of anilines is 1. The highest BCUT2D eigenvalue weighted by Crippen LogP contribution is 2.29. The molecule has 0 bridgehead atoms. The highest BCUT2D eigenvalue weighted by molar-refractivity contribution is 5.91. The van der Waals surface area contributed by atoms with Crippen molar-refractivity contribution in [1.82, 2.24) is 4.90 Å². The molecule has 0 saturated heterocycles. The molecule has 0 saturated carbocycles. The minimum Gasteiger partial charge on any atom is -0.342 e. The normalized spacial score (nSPS) is 14.4. The fraction of sp³-hybridized carbons (Fsp3) is 0.500. The average molecular weight is 382 g/mol. The molecule has 0 aromatic heterocycles. The molecule has 0 fully saturated rings. The van der Waals surface area contributed by atoms with Crippen LogP contribution in [-0.2, 0) is 15.8 Å². The molecule has 1 aliphatic carbocycles. The van der Waals surface area contributed by atoms with E-state index in [4.69, 9.17) is 0 Å². The Bertz CT molecular complexity index is 681. The summed E-state index contributed by atoms with van der Waals surface area (Å²) in [6.07, 6.45) is 3.30. The molecule has 7 heteroatoms. The SMILES string of the molecule is CC(=O)N(CCC(=O)Nc1ccc(C(F)(F)F)cc1)CCC1=CCCCC1. The molecule has 1 N–H and O–H groups in total. The van der Waals surface area contributed by atoms with Crippen molar-refractivity contribution in [1.29, 1.82) is 0 Å². The predicted octanol–water partition coefficient (Wildman–Crippen LogP) is 4.77. The second kappa shape index (κ2) is 9.58. The second-order valence-electron chi connectivity index (χ2n) is 6.74. The molecule has 148 valence electrons. The minimum atomic E-state index is -4.40. The third kappa shape index (κ3) is 7.07. The van der Waals surface area contributed by atoms with E-state index < -0.39 is 11.7 Å². The van der Waals surface area contributed by atoms with E-state index in [9.17, 15) is 22.8 Å². The fourth-order valence-electron chi connectivity index (χ4n) is 3.04. The number of carbonyl (C=O) groups is 2. The number of allylic oxidation sites excluding steroid dienone is 1. The number of alkyl halides is 3. The molecule has 1 aromatic carbocycles. The van der Waals surface area contributed by atoms with Gasteiger partial charge < -0.3 is 10.2 Å². The first-order chi connectivity index (χ1) is 12.8. The maximum absolute atomic E-state index is 12.5. The van der Waals surface area contributed by atoms with Crippen molar-refractivity contribution in [2.75, 3.05) is 18.4 Å². The number of halogens is 3. The third-order valence-corrected chi connectivity index (χ3v) is 4.64. The molecular formula is C20H25F3N2O2. The summed E-state index contributed by atoms with van der Waals surface area (Å²) in [5, 5.41) is 2.56. The number of benzene rings is 1. The van der Waals surface area contributed by atoms with Crippen molar-refractivity contribution in [3.05, 3.63) is 41.5 Å². The Kier molecular flexibility index (Phi) is 7.45. The standard InChI is InChI=1S/C20H25F3N2O2/c1-15(26)25(13-11-16-5-3-2-4-6-16)14-12-19(27)24-18-9-7-17(8-10-18)20(21,22)23/h5,7-10H,2-4,6,11-14H2,1H3,(H,24,27). The van der Waals surface area contributed by atoms with Crippen LogP contribution >= 0.6 is 0 Å². The van der Waals surface area contributed by atoms with Crippen molar-refractivity contribution in [3.63, 3.8) is 0 Å². The summed E-state index contributed by atoms with van der Waals surface area (Å²) in [7, 11) is 0. The monoisotopic (exact) mass is 382 g/mol. The van der Waals surface area contributed by atoms with E-state index in [1.807, 2.05) is 0 Å². The lowest BCUT2D eigenvalue weighted by molar-refractivity contribution is -0.137. The molecule has 0 unspecified atom stereocenters. The van der Waals surface area contributed by atoms with Crippen molar-refractivity contribution < 1.29 is 22.8 Å². The number of carbonyl (C=O) groups excluding carboxylic acids is 2. The van der Waals surface area contributed by atoms with Crippen molar-refractivity contribution in [3.8, 4) is 0 Å². The van der Waals surface area contributed by atoms with Crippen LogP contribution in [0.3, 0.4) is 0 Å². The van der Waals surface area contributed by atoms with E-state index >= 15 is 0 Å². The average Bonchev–Trinajstić information content (AvgIpc) is 2.62. The Morgan fingerprint density at radius 3 is 2.37 bits per heavy atom. The molecule has 0 heterocycles. The van der Waals surface area contributed by atoms with Gasteiger partial charge in [-0.3, -0.25) is 9.59 Å². The smallest absolute Gasteiger partial charge is 0.342 e. The van der Waals surface area contributed by atoms with E-state index in [-0.39, 0.29) is 24.8 Å². The van der Waals surface area contributed by atoms with E-state index in [0.29, 0.717) is 12.2 Å². The van der Waals surface area contributed by atoms with Gasteiger partial charge in [0.25, 0.3) is 0 Å². The van der Waals surface area contributed by atoms with E-state index in [2.05, 4.69) is 11.4 Å². The first kappa shape index (κ1) is 21.0. The van der Waals surface area contributed by atoms with Gasteiger partial charge in [0.2, 0.25) is 11.8 Å². The van der Waals surface area contributed by atoms with E-state index in [0.717, 1.165) is 31.4 Å². The van der Waals surface area contributed by atoms with Crippen LogP contribution in [0, 0.1) is 0 Å². The summed E-state index contributed by atoms with van der Waals surface area (Å²) in [5.41, 5.74) is 0.900. The van der Waals surface area contributed by atoms with E-state index in [1.54, 1.807) is 4.90 Å². The first-order valence-corrected chi connectivity index (χ1v) is 9.16.